The molecule has 0 bridgehead atoms. The van der Waals surface area contributed by atoms with E-state index < -0.39 is 0 Å². The number of nitrogens with two attached hydrogens (primary N) is 1. The van der Waals surface area contributed by atoms with Gasteiger partial charge in [-0.15, -0.1) is 11.3 Å². The zero-order chi connectivity index (χ0) is 21.6. The van der Waals surface area contributed by atoms with Crippen molar-refractivity contribution in [2.24, 2.45) is 10.7 Å². The Bertz CT molecular complexity index is 1080. The molecule has 6 heteroatoms. The van der Waals surface area contributed by atoms with E-state index in [2.05, 4.69) is 52.1 Å². The van der Waals surface area contributed by atoms with Crippen molar-refractivity contribution >= 4 is 34.7 Å². The Labute approximate surface area is 187 Å². The summed E-state index contributed by atoms with van der Waals surface area (Å²) < 4.78 is 0. The van der Waals surface area contributed by atoms with Crippen LogP contribution in [0.4, 0.5) is 11.4 Å². The van der Waals surface area contributed by atoms with Crippen LogP contribution in [0.25, 0.3) is 16.1 Å². The summed E-state index contributed by atoms with van der Waals surface area (Å²) in [7, 11) is 0. The van der Waals surface area contributed by atoms with Gasteiger partial charge in [0.15, 0.2) is 0 Å². The molecule has 4 rings (SSSR count). The van der Waals surface area contributed by atoms with E-state index in [4.69, 9.17) is 5.73 Å². The summed E-state index contributed by atoms with van der Waals surface area (Å²) in [6, 6.07) is 17.8. The van der Waals surface area contributed by atoms with E-state index in [0.717, 1.165) is 34.1 Å². The minimum absolute atomic E-state index is 0.204. The molecular formula is C25H28N4OS. The molecule has 31 heavy (non-hydrogen) atoms. The highest BCUT2D eigenvalue weighted by atomic mass is 32.1. The lowest BCUT2D eigenvalue weighted by Gasteiger charge is -2.14. The van der Waals surface area contributed by atoms with E-state index in [-0.39, 0.29) is 5.75 Å². The number of aliphatic imine (C=N–C) groups is 1. The maximum atomic E-state index is 9.72. The first-order chi connectivity index (χ1) is 15.1. The number of phenols is 1. The molecule has 1 aromatic heterocycles. The SMILES string of the molecule is C=C(Nc1cccc(O)c1)c1sc(-c2cccc(CCN3CCCC3)c2)cc1N=CN. The maximum Gasteiger partial charge on any atom is 0.117 e. The zero-order valence-electron chi connectivity index (χ0n) is 17.6. The summed E-state index contributed by atoms with van der Waals surface area (Å²) in [5.41, 5.74) is 10.4. The minimum atomic E-state index is 0.204. The predicted molar refractivity (Wildman–Crippen MR) is 132 cm³/mol. The van der Waals surface area contributed by atoms with Crippen LogP contribution in [0.15, 0.2) is 66.2 Å². The molecule has 3 aromatic rings. The van der Waals surface area contributed by atoms with Crippen molar-refractivity contribution in [3.63, 3.8) is 0 Å². The van der Waals surface area contributed by atoms with Gasteiger partial charge < -0.3 is 21.1 Å². The van der Waals surface area contributed by atoms with Gasteiger partial charge in [-0.25, -0.2) is 4.99 Å². The molecule has 5 nitrogen and oxygen atoms in total. The number of thiophene rings is 1. The lowest BCUT2D eigenvalue weighted by atomic mass is 10.1. The Morgan fingerprint density at radius 2 is 1.97 bits per heavy atom. The van der Waals surface area contributed by atoms with Crippen LogP contribution >= 0.6 is 11.3 Å². The molecule has 2 aromatic carbocycles. The highest BCUT2D eigenvalue weighted by molar-refractivity contribution is 7.17. The number of hydrogen-bond donors (Lipinski definition) is 3. The maximum absolute atomic E-state index is 9.72. The highest BCUT2D eigenvalue weighted by Gasteiger charge is 2.15. The van der Waals surface area contributed by atoms with Crippen LogP contribution in [0.2, 0.25) is 0 Å². The zero-order valence-corrected chi connectivity index (χ0v) is 18.4. The first-order valence-corrected chi connectivity index (χ1v) is 11.4. The second kappa shape index (κ2) is 9.81. The molecule has 0 radical (unpaired) electrons. The van der Waals surface area contributed by atoms with Gasteiger partial charge in [-0.05, 0) is 61.7 Å². The molecule has 1 saturated heterocycles. The van der Waals surface area contributed by atoms with Crippen molar-refractivity contribution in [3.8, 4) is 16.2 Å². The number of benzene rings is 2. The van der Waals surface area contributed by atoms with Crippen molar-refractivity contribution in [2.75, 3.05) is 25.0 Å². The molecule has 0 aliphatic carbocycles. The topological polar surface area (TPSA) is 73.9 Å². The van der Waals surface area contributed by atoms with Gasteiger partial charge in [0.1, 0.15) is 5.75 Å². The Balaban J connectivity index is 1.55. The smallest absolute Gasteiger partial charge is 0.117 e. The third-order valence-corrected chi connectivity index (χ3v) is 6.70. The quantitative estimate of drug-likeness (QED) is 0.326. The standard InChI is InChI=1S/C25H28N4OS/c1-18(28-21-8-5-9-22(30)15-21)25-23(27-17-26)16-24(31-25)20-7-4-6-19(14-20)10-13-29-11-2-3-12-29/h4-9,14-17,28,30H,1-3,10-13H2,(H2,26,27). The number of nitrogens with one attached hydrogen (secondary N) is 1. The fourth-order valence-corrected chi connectivity index (χ4v) is 4.93. The Morgan fingerprint density at radius 3 is 2.74 bits per heavy atom. The van der Waals surface area contributed by atoms with Crippen molar-refractivity contribution in [1.29, 1.82) is 0 Å². The predicted octanol–water partition coefficient (Wildman–Crippen LogP) is 5.46. The van der Waals surface area contributed by atoms with Crippen LogP contribution in [0, 0.1) is 0 Å². The van der Waals surface area contributed by atoms with Gasteiger partial charge in [-0.1, -0.05) is 36.9 Å². The molecule has 1 fully saturated rings. The molecule has 0 atom stereocenters. The fourth-order valence-electron chi connectivity index (χ4n) is 3.90. The summed E-state index contributed by atoms with van der Waals surface area (Å²) in [6.45, 7) is 7.76. The third kappa shape index (κ3) is 5.34. The number of rotatable bonds is 8. The normalized spacial score (nSPS) is 14.3. The Kier molecular flexibility index (Phi) is 6.70. The lowest BCUT2D eigenvalue weighted by molar-refractivity contribution is 0.343. The number of hydrogen-bond acceptors (Lipinski definition) is 5. The van der Waals surface area contributed by atoms with E-state index in [1.165, 1.54) is 43.4 Å². The molecule has 2 heterocycles. The van der Waals surface area contributed by atoms with E-state index >= 15 is 0 Å². The molecule has 0 amide bonds. The molecule has 1 aliphatic heterocycles. The molecule has 1 aliphatic rings. The van der Waals surface area contributed by atoms with Gasteiger partial charge in [-0.2, -0.15) is 0 Å². The van der Waals surface area contributed by atoms with Gasteiger partial charge in [0, 0.05) is 23.2 Å². The number of anilines is 1. The third-order valence-electron chi connectivity index (χ3n) is 5.47. The molecule has 0 unspecified atom stereocenters. The van der Waals surface area contributed by atoms with Gasteiger partial charge in [0.2, 0.25) is 0 Å². The molecule has 0 saturated carbocycles. The average molecular weight is 433 g/mol. The van der Waals surface area contributed by atoms with Gasteiger partial charge in [-0.3, -0.25) is 0 Å². The van der Waals surface area contributed by atoms with E-state index in [9.17, 15) is 5.11 Å². The summed E-state index contributed by atoms with van der Waals surface area (Å²) in [6.07, 6.45) is 5.01. The van der Waals surface area contributed by atoms with E-state index in [1.54, 1.807) is 29.5 Å². The minimum Gasteiger partial charge on any atom is -0.508 e. The molecule has 160 valence electrons. The molecular weight excluding hydrogens is 404 g/mol. The van der Waals surface area contributed by atoms with E-state index in [1.807, 2.05) is 6.07 Å². The first-order valence-electron chi connectivity index (χ1n) is 10.6. The largest absolute Gasteiger partial charge is 0.508 e. The van der Waals surface area contributed by atoms with Crippen LogP contribution in [0.1, 0.15) is 23.3 Å². The summed E-state index contributed by atoms with van der Waals surface area (Å²) in [4.78, 5) is 8.93. The number of likely N-dealkylation sites (tertiary alicyclic amines) is 1. The molecule has 4 N–H and O–H groups in total. The average Bonchev–Trinajstić information content (AvgIpc) is 3.43. The monoisotopic (exact) mass is 432 g/mol. The molecule has 0 spiro atoms. The Hall–Kier alpha value is -3.09. The summed E-state index contributed by atoms with van der Waals surface area (Å²) in [5, 5.41) is 13.0. The summed E-state index contributed by atoms with van der Waals surface area (Å²) in [5.74, 6) is 0.204. The highest BCUT2D eigenvalue weighted by Crippen LogP contribution is 2.40. The number of nitrogens with zero attached hydrogens (tertiary/aromatic N) is 2. The van der Waals surface area contributed by atoms with Crippen LogP contribution in [0.5, 0.6) is 5.75 Å². The number of phenolic OH excluding ortho intramolecular Hbond substituents is 1. The van der Waals surface area contributed by atoms with Crippen molar-refractivity contribution in [3.05, 3.63) is 71.6 Å². The second-order valence-corrected chi connectivity index (χ2v) is 8.81. The van der Waals surface area contributed by atoms with Crippen LogP contribution in [-0.2, 0) is 6.42 Å². The van der Waals surface area contributed by atoms with E-state index in [0.29, 0.717) is 5.70 Å². The first kappa shape index (κ1) is 21.2. The second-order valence-electron chi connectivity index (χ2n) is 7.76. The van der Waals surface area contributed by atoms with Crippen LogP contribution in [0.3, 0.4) is 0 Å². The summed E-state index contributed by atoms with van der Waals surface area (Å²) >= 11 is 1.63. The van der Waals surface area contributed by atoms with Crippen LogP contribution in [-0.4, -0.2) is 36.0 Å². The van der Waals surface area contributed by atoms with Gasteiger partial charge >= 0.3 is 0 Å². The van der Waals surface area contributed by atoms with Crippen LogP contribution < -0.4 is 11.1 Å². The van der Waals surface area contributed by atoms with Crippen molar-refractivity contribution in [1.82, 2.24) is 4.90 Å². The van der Waals surface area contributed by atoms with Gasteiger partial charge in [0.25, 0.3) is 0 Å². The van der Waals surface area contributed by atoms with Crippen molar-refractivity contribution < 1.29 is 5.11 Å². The fraction of sp³-hybridized carbons (Fsp3) is 0.240. The number of aromatic hydroxyl groups is 1. The van der Waals surface area contributed by atoms with Gasteiger partial charge in [0.05, 0.1) is 22.6 Å². The van der Waals surface area contributed by atoms with Crippen molar-refractivity contribution in [2.45, 2.75) is 19.3 Å². The lowest BCUT2D eigenvalue weighted by Crippen LogP contribution is -2.21. The Morgan fingerprint density at radius 1 is 1.16 bits per heavy atom.